The van der Waals surface area contributed by atoms with Crippen LogP contribution in [0.2, 0.25) is 10.0 Å². The van der Waals surface area contributed by atoms with Crippen molar-refractivity contribution < 1.29 is 28.6 Å². The molecule has 12 heteroatoms. The number of hydrogen-bond donors (Lipinski definition) is 1. The number of hydrogen-bond acceptors (Lipinski definition) is 8. The lowest BCUT2D eigenvalue weighted by molar-refractivity contribution is -0.146. The van der Waals surface area contributed by atoms with Crippen molar-refractivity contribution in [3.8, 4) is 28.7 Å². The van der Waals surface area contributed by atoms with E-state index in [2.05, 4.69) is 35.3 Å². The average molecular weight is 894 g/mol. The molecule has 0 bridgehead atoms. The number of likely N-dealkylation sites (N-methyl/N-ethyl adjacent to an activating group) is 1. The highest BCUT2D eigenvalue weighted by molar-refractivity contribution is 6.42. The molecule has 2 heterocycles. The molecule has 2 aliphatic rings. The van der Waals surface area contributed by atoms with Gasteiger partial charge in [-0.15, -0.1) is 0 Å². The number of esters is 1. The first-order valence-corrected chi connectivity index (χ1v) is 21.8. The minimum absolute atomic E-state index is 0.122. The van der Waals surface area contributed by atoms with Gasteiger partial charge in [-0.2, -0.15) is 5.26 Å². The molecular formula is C52H46Cl2N4O6. The maximum absolute atomic E-state index is 14.7. The van der Waals surface area contributed by atoms with E-state index < -0.39 is 24.2 Å². The summed E-state index contributed by atoms with van der Waals surface area (Å²) in [7, 11) is 3.05. The number of nitriles is 1. The number of anilines is 1. The van der Waals surface area contributed by atoms with Gasteiger partial charge in [0.25, 0.3) is 5.91 Å². The standard InChI is InChI=1S/C52H46Cl2N4O6/c1-4-45(37-8-6-5-7-9-37)58-30-40-28-48-46(57(2)51(60)49(64-48)38-19-21-41(22-20-38)63-31-34-14-23-42(53)43(54)24-34)26-39(40)27-47(58)50(59)56-44(52(61)62-3)25-32-10-15-35(16-11-32)36-17-12-33(29-55)13-18-36/h5-24,26,28,44-45,47,49H,4,25,27,30-31H2,1-3H3,(H,56,59)/t44-,45+,47?,49+/m0/s1. The van der Waals surface area contributed by atoms with Gasteiger partial charge in [0, 0.05) is 31.6 Å². The van der Waals surface area contributed by atoms with Crippen molar-refractivity contribution in [3.63, 3.8) is 0 Å². The number of ether oxygens (including phenoxy) is 3. The van der Waals surface area contributed by atoms with Crippen molar-refractivity contribution in [2.45, 2.75) is 63.6 Å². The van der Waals surface area contributed by atoms with Gasteiger partial charge >= 0.3 is 5.97 Å². The van der Waals surface area contributed by atoms with Gasteiger partial charge in [0.05, 0.1) is 40.5 Å². The van der Waals surface area contributed by atoms with Crippen molar-refractivity contribution >= 4 is 46.7 Å². The van der Waals surface area contributed by atoms with Crippen LogP contribution >= 0.6 is 23.2 Å². The maximum Gasteiger partial charge on any atom is 0.328 e. The van der Waals surface area contributed by atoms with Crippen molar-refractivity contribution in [1.29, 1.82) is 5.26 Å². The summed E-state index contributed by atoms with van der Waals surface area (Å²) in [4.78, 5) is 45.7. The molecular weight excluding hydrogens is 847 g/mol. The predicted octanol–water partition coefficient (Wildman–Crippen LogP) is 9.99. The average Bonchev–Trinajstić information content (AvgIpc) is 3.33. The van der Waals surface area contributed by atoms with Crippen LogP contribution in [-0.4, -0.2) is 48.9 Å². The zero-order chi connectivity index (χ0) is 44.9. The first-order valence-electron chi connectivity index (χ1n) is 21.1. The van der Waals surface area contributed by atoms with Crippen LogP contribution in [0.25, 0.3) is 11.1 Å². The zero-order valence-corrected chi connectivity index (χ0v) is 37.1. The summed E-state index contributed by atoms with van der Waals surface area (Å²) in [6.45, 7) is 2.82. The van der Waals surface area contributed by atoms with E-state index in [0.717, 1.165) is 45.4 Å². The fourth-order valence-corrected chi connectivity index (χ4v) is 8.84. The lowest BCUT2D eigenvalue weighted by Crippen LogP contribution is -2.55. The van der Waals surface area contributed by atoms with Crippen molar-refractivity contribution in [2.24, 2.45) is 0 Å². The van der Waals surface area contributed by atoms with Crippen LogP contribution in [0.3, 0.4) is 0 Å². The van der Waals surface area contributed by atoms with Crippen LogP contribution in [0.5, 0.6) is 11.5 Å². The highest BCUT2D eigenvalue weighted by Crippen LogP contribution is 2.43. The van der Waals surface area contributed by atoms with E-state index in [9.17, 15) is 19.6 Å². The third kappa shape index (κ3) is 9.48. The van der Waals surface area contributed by atoms with Crippen LogP contribution in [0.4, 0.5) is 5.69 Å². The molecule has 0 fully saturated rings. The molecule has 6 aromatic rings. The Morgan fingerprint density at radius 3 is 2.20 bits per heavy atom. The number of amides is 2. The fraction of sp³-hybridized carbons (Fsp3) is 0.231. The molecule has 1 N–H and O–H groups in total. The number of nitrogens with zero attached hydrogens (tertiary/aromatic N) is 3. The Kier molecular flexibility index (Phi) is 13.3. The fourth-order valence-electron chi connectivity index (χ4n) is 8.51. The first kappa shape index (κ1) is 44.0. The molecule has 10 nitrogen and oxygen atoms in total. The van der Waals surface area contributed by atoms with Gasteiger partial charge in [-0.25, -0.2) is 4.79 Å². The van der Waals surface area contributed by atoms with Crippen LogP contribution in [-0.2, 0) is 45.1 Å². The van der Waals surface area contributed by atoms with Crippen molar-refractivity contribution in [1.82, 2.24) is 10.2 Å². The van der Waals surface area contributed by atoms with Crippen LogP contribution in [0.15, 0.2) is 133 Å². The van der Waals surface area contributed by atoms with E-state index in [0.29, 0.717) is 57.9 Å². The molecule has 0 spiro atoms. The second kappa shape index (κ2) is 19.4. The van der Waals surface area contributed by atoms with E-state index in [4.69, 9.17) is 37.4 Å². The van der Waals surface area contributed by atoms with Gasteiger partial charge < -0.3 is 24.4 Å². The van der Waals surface area contributed by atoms with Crippen molar-refractivity contribution in [3.05, 3.63) is 182 Å². The van der Waals surface area contributed by atoms with Crippen LogP contribution in [0, 0.1) is 11.3 Å². The molecule has 8 rings (SSSR count). The predicted molar refractivity (Wildman–Crippen MR) is 247 cm³/mol. The minimum Gasteiger partial charge on any atom is -0.489 e. The minimum atomic E-state index is -0.945. The second-order valence-electron chi connectivity index (χ2n) is 16.0. The number of benzene rings is 6. The summed E-state index contributed by atoms with van der Waals surface area (Å²) in [5.74, 6) is 0.111. The van der Waals surface area contributed by atoms with Crippen LogP contribution < -0.4 is 19.7 Å². The summed E-state index contributed by atoms with van der Waals surface area (Å²) in [5, 5.41) is 13.2. The Bertz CT molecular complexity index is 2710. The highest BCUT2D eigenvalue weighted by Gasteiger charge is 2.40. The molecule has 0 aromatic heterocycles. The molecule has 2 amide bonds. The molecule has 0 saturated heterocycles. The van der Waals surface area contributed by atoms with E-state index in [-0.39, 0.29) is 24.3 Å². The van der Waals surface area contributed by atoms with Gasteiger partial charge in [-0.3, -0.25) is 14.5 Å². The Balaban J connectivity index is 1.03. The lowest BCUT2D eigenvalue weighted by Gasteiger charge is -2.42. The third-order valence-corrected chi connectivity index (χ3v) is 12.7. The Morgan fingerprint density at radius 1 is 0.859 bits per heavy atom. The Morgan fingerprint density at radius 2 is 1.55 bits per heavy atom. The number of carbonyl (C=O) groups is 3. The SMILES string of the molecule is CC[C@H](c1ccccc1)N1Cc2cc3c(cc2CC1C(=O)N[C@@H](Cc1ccc(-c2ccc(C#N)cc2)cc1)C(=O)OC)N(C)C(=O)[C@@H](c1ccc(OCc2ccc(Cl)c(Cl)c2)cc1)O3. The summed E-state index contributed by atoms with van der Waals surface area (Å²) in [6, 6.07) is 42.2. The number of fused-ring (bicyclic) bond motifs is 2. The molecule has 2 aliphatic heterocycles. The molecule has 64 heavy (non-hydrogen) atoms. The number of rotatable bonds is 13. The normalized spacial score (nSPS) is 16.6. The number of nitrogens with one attached hydrogen (secondary N) is 1. The summed E-state index contributed by atoms with van der Waals surface area (Å²) in [5.41, 5.74) is 8.48. The molecule has 0 radical (unpaired) electrons. The largest absolute Gasteiger partial charge is 0.489 e. The van der Waals surface area contributed by atoms with Gasteiger partial charge in [0.1, 0.15) is 24.1 Å². The van der Waals surface area contributed by atoms with Gasteiger partial charge in [0.2, 0.25) is 12.0 Å². The Hall–Kier alpha value is -6.64. The smallest absolute Gasteiger partial charge is 0.328 e. The number of halogens is 2. The van der Waals surface area contributed by atoms with Gasteiger partial charge in [0.15, 0.2) is 0 Å². The lowest BCUT2D eigenvalue weighted by atomic mass is 9.88. The zero-order valence-electron chi connectivity index (χ0n) is 35.6. The van der Waals surface area contributed by atoms with Crippen molar-refractivity contribution in [2.75, 3.05) is 19.1 Å². The third-order valence-electron chi connectivity index (χ3n) is 12.0. The first-order chi connectivity index (χ1) is 31.0. The van der Waals surface area contributed by atoms with E-state index in [1.54, 1.807) is 36.2 Å². The summed E-state index contributed by atoms with van der Waals surface area (Å²) >= 11 is 12.2. The van der Waals surface area contributed by atoms with Gasteiger partial charge in [-0.05, 0) is 100 Å². The molecule has 0 aliphatic carbocycles. The summed E-state index contributed by atoms with van der Waals surface area (Å²) in [6.07, 6.45) is 0.398. The van der Waals surface area contributed by atoms with Crippen LogP contribution in [0.1, 0.15) is 64.4 Å². The molecule has 6 aromatic carbocycles. The molecule has 324 valence electrons. The second-order valence-corrected chi connectivity index (χ2v) is 16.8. The topological polar surface area (TPSA) is 121 Å². The Labute approximate surface area is 382 Å². The quantitative estimate of drug-likeness (QED) is 0.114. The monoisotopic (exact) mass is 892 g/mol. The number of carbonyl (C=O) groups excluding carboxylic acids is 3. The van der Waals surface area contributed by atoms with E-state index in [1.165, 1.54) is 7.11 Å². The van der Waals surface area contributed by atoms with E-state index >= 15 is 0 Å². The van der Waals surface area contributed by atoms with E-state index in [1.807, 2.05) is 97.1 Å². The molecule has 1 unspecified atom stereocenters. The maximum atomic E-state index is 14.7. The highest BCUT2D eigenvalue weighted by atomic mass is 35.5. The summed E-state index contributed by atoms with van der Waals surface area (Å²) < 4.78 is 17.7. The molecule has 0 saturated carbocycles. The molecule has 4 atom stereocenters. The van der Waals surface area contributed by atoms with Gasteiger partial charge in [-0.1, -0.05) is 115 Å². The number of methoxy groups -OCH3 is 1.